The largest absolute Gasteiger partial charge is 0.507 e. The standard InChI is InChI=1S/C67H70N5O.Pt/c1-63(2,3)43-33-41(50-24-21-28-57-59(50)70-62(54-23-17-19-29-58(54)73)72(57)49-39-46(66(10,11)12)36-47(40-49)67(13,14)15)32-42(34-43)61-68-31-30-55(69-61)53-26-20-25-52-51-22-16-18-27-56(51)71(60(52)53)48-37-44(64(4,5)6)35-45(38-48)65(7,8)9;/h16-31,33-40,73H,1-15H3;/q-1;. The Bertz CT molecular complexity index is 3720. The number of hydrogen-bond acceptors (Lipinski definition) is 4. The van der Waals surface area contributed by atoms with Crippen LogP contribution in [0.1, 0.15) is 132 Å². The van der Waals surface area contributed by atoms with Crippen LogP contribution in [0.4, 0.5) is 0 Å². The average Bonchev–Trinajstić information content (AvgIpc) is 3.89. The number of fused-ring (bicyclic) bond motifs is 4. The van der Waals surface area contributed by atoms with E-state index in [0.717, 1.165) is 67.0 Å². The molecule has 3 heterocycles. The zero-order valence-corrected chi connectivity index (χ0v) is 48.1. The van der Waals surface area contributed by atoms with E-state index in [1.807, 2.05) is 30.5 Å². The second-order valence-electron chi connectivity index (χ2n) is 25.3. The third-order valence-electron chi connectivity index (χ3n) is 14.5. The number of benzene rings is 7. The number of para-hydroxylation sites is 4. The third kappa shape index (κ3) is 9.67. The van der Waals surface area contributed by atoms with Crippen molar-refractivity contribution < 1.29 is 26.2 Å². The molecular weight excluding hydrogens is 1090 g/mol. The molecule has 3 aromatic heterocycles. The van der Waals surface area contributed by atoms with E-state index in [0.29, 0.717) is 17.2 Å². The summed E-state index contributed by atoms with van der Waals surface area (Å²) in [5.74, 6) is 1.44. The molecule has 0 aliphatic rings. The smallest absolute Gasteiger partial charge is 0.148 e. The first kappa shape index (κ1) is 52.2. The molecule has 7 aromatic carbocycles. The van der Waals surface area contributed by atoms with Crippen molar-refractivity contribution in [2.75, 3.05) is 0 Å². The van der Waals surface area contributed by atoms with Gasteiger partial charge in [0.1, 0.15) is 11.6 Å². The van der Waals surface area contributed by atoms with Crippen LogP contribution in [0.5, 0.6) is 5.75 Å². The normalized spacial score (nSPS) is 12.7. The van der Waals surface area contributed by atoms with Crippen LogP contribution >= 0.6 is 0 Å². The molecule has 0 amide bonds. The average molecular weight is 1160 g/mol. The minimum Gasteiger partial charge on any atom is -0.507 e. The quantitative estimate of drug-likeness (QED) is 0.169. The Hall–Kier alpha value is -6.62. The predicted octanol–water partition coefficient (Wildman–Crippen LogP) is 17.6. The minimum absolute atomic E-state index is 0. The van der Waals surface area contributed by atoms with E-state index < -0.39 is 0 Å². The van der Waals surface area contributed by atoms with E-state index in [-0.39, 0.29) is 53.9 Å². The molecule has 0 unspecified atom stereocenters. The maximum absolute atomic E-state index is 11.5. The van der Waals surface area contributed by atoms with E-state index in [1.54, 1.807) is 6.07 Å². The van der Waals surface area contributed by atoms with Crippen molar-refractivity contribution in [3.05, 3.63) is 180 Å². The Morgan fingerprint density at radius 1 is 0.432 bits per heavy atom. The minimum atomic E-state index is -0.221. The molecule has 0 saturated carbocycles. The molecule has 7 heteroatoms. The van der Waals surface area contributed by atoms with Crippen molar-refractivity contribution >= 4 is 32.8 Å². The van der Waals surface area contributed by atoms with Gasteiger partial charge >= 0.3 is 0 Å². The number of aromatic hydroxyl groups is 1. The van der Waals surface area contributed by atoms with Gasteiger partial charge in [0.15, 0.2) is 0 Å². The summed E-state index contributed by atoms with van der Waals surface area (Å²) >= 11 is 0. The van der Waals surface area contributed by atoms with Crippen LogP contribution in [0.2, 0.25) is 0 Å². The van der Waals surface area contributed by atoms with Gasteiger partial charge in [-0.25, -0.2) is 4.98 Å². The monoisotopic (exact) mass is 1160 g/mol. The molecule has 0 radical (unpaired) electrons. The van der Waals surface area contributed by atoms with E-state index in [2.05, 4.69) is 228 Å². The van der Waals surface area contributed by atoms with Gasteiger partial charge < -0.3 is 9.67 Å². The van der Waals surface area contributed by atoms with Crippen molar-refractivity contribution in [2.45, 2.75) is 131 Å². The molecule has 380 valence electrons. The Morgan fingerprint density at radius 3 is 1.50 bits per heavy atom. The number of rotatable bonds is 6. The Kier molecular flexibility index (Phi) is 13.2. The second-order valence-corrected chi connectivity index (χ2v) is 25.3. The molecule has 0 aliphatic carbocycles. The number of phenols is 1. The van der Waals surface area contributed by atoms with Crippen LogP contribution in [0.3, 0.4) is 0 Å². The first-order valence-corrected chi connectivity index (χ1v) is 25.8. The van der Waals surface area contributed by atoms with Crippen molar-refractivity contribution in [3.63, 3.8) is 0 Å². The zero-order chi connectivity index (χ0) is 52.2. The zero-order valence-electron chi connectivity index (χ0n) is 45.9. The maximum Gasteiger partial charge on any atom is 0.148 e. The molecule has 0 bridgehead atoms. The Morgan fingerprint density at radius 2 is 0.905 bits per heavy atom. The number of hydrogen-bond donors (Lipinski definition) is 1. The number of nitrogens with zero attached hydrogens (tertiary/aromatic N) is 5. The summed E-state index contributed by atoms with van der Waals surface area (Å²) in [6.45, 7) is 34.1. The molecule has 0 spiro atoms. The predicted molar refractivity (Wildman–Crippen MR) is 307 cm³/mol. The summed E-state index contributed by atoms with van der Waals surface area (Å²) in [4.78, 5) is 16.0. The van der Waals surface area contributed by atoms with Gasteiger partial charge in [-0.3, -0.25) is 14.5 Å². The summed E-state index contributed by atoms with van der Waals surface area (Å²) in [5, 5.41) is 13.8. The summed E-state index contributed by atoms with van der Waals surface area (Å²) in [7, 11) is 0. The SMILES string of the molecule is CC(C)(C)c1cc(-c2nccc(-c3cccc4c5ccccc5n(-c5cc(C(C)(C)C)cc(C(C)(C)C)c5)c34)n2)[c-]c(-c2cccc3c2nc(-c2ccccc2O)n3-c2cc(C(C)(C)C)cc(C(C)(C)C)c2)c1.[Pt]. The van der Waals surface area contributed by atoms with Crippen LogP contribution in [0.15, 0.2) is 146 Å². The molecule has 0 fully saturated rings. The van der Waals surface area contributed by atoms with E-state index in [1.165, 1.54) is 33.0 Å². The Balaban J connectivity index is 0.00000672. The summed E-state index contributed by atoms with van der Waals surface area (Å²) in [6, 6.07) is 53.6. The maximum atomic E-state index is 11.5. The fourth-order valence-corrected chi connectivity index (χ4v) is 10.0. The van der Waals surface area contributed by atoms with Gasteiger partial charge in [0, 0.05) is 55.0 Å². The van der Waals surface area contributed by atoms with Crippen LogP contribution in [-0.2, 0) is 48.1 Å². The third-order valence-corrected chi connectivity index (χ3v) is 14.5. The van der Waals surface area contributed by atoms with Crippen molar-refractivity contribution in [1.29, 1.82) is 0 Å². The second kappa shape index (κ2) is 18.6. The number of imidazole rings is 1. The number of aromatic nitrogens is 5. The molecule has 74 heavy (non-hydrogen) atoms. The van der Waals surface area contributed by atoms with Gasteiger partial charge in [-0.05, 0) is 104 Å². The molecule has 10 rings (SSSR count). The first-order chi connectivity index (χ1) is 34.3. The van der Waals surface area contributed by atoms with E-state index in [4.69, 9.17) is 15.0 Å². The fourth-order valence-electron chi connectivity index (χ4n) is 10.0. The van der Waals surface area contributed by atoms with Crippen LogP contribution < -0.4 is 0 Å². The molecule has 0 aliphatic heterocycles. The van der Waals surface area contributed by atoms with Gasteiger partial charge in [-0.2, -0.15) is 0 Å². The molecule has 0 atom stereocenters. The van der Waals surface area contributed by atoms with E-state index >= 15 is 0 Å². The molecule has 10 aromatic rings. The summed E-state index contributed by atoms with van der Waals surface area (Å²) in [6.07, 6.45) is 1.89. The first-order valence-electron chi connectivity index (χ1n) is 25.8. The molecule has 6 nitrogen and oxygen atoms in total. The molecular formula is C67H70N5OPt-. The number of phenolic OH excluding ortho intramolecular Hbond substituents is 1. The van der Waals surface area contributed by atoms with Crippen molar-refractivity contribution in [1.82, 2.24) is 24.1 Å². The van der Waals surface area contributed by atoms with Crippen LogP contribution in [-0.4, -0.2) is 29.2 Å². The van der Waals surface area contributed by atoms with Gasteiger partial charge in [0.2, 0.25) is 0 Å². The van der Waals surface area contributed by atoms with Crippen LogP contribution in [0.25, 0.3) is 89.4 Å². The fraction of sp³-hybridized carbons (Fsp3) is 0.299. The molecule has 1 N–H and O–H groups in total. The molecule has 0 saturated heterocycles. The van der Waals surface area contributed by atoms with Crippen molar-refractivity contribution in [2.24, 2.45) is 0 Å². The van der Waals surface area contributed by atoms with Gasteiger partial charge in [0.05, 0.1) is 39.1 Å². The van der Waals surface area contributed by atoms with Gasteiger partial charge in [-0.15, -0.1) is 29.3 Å². The topological polar surface area (TPSA) is 68.8 Å². The van der Waals surface area contributed by atoms with Gasteiger partial charge in [-0.1, -0.05) is 188 Å². The Labute approximate surface area is 453 Å². The summed E-state index contributed by atoms with van der Waals surface area (Å²) < 4.78 is 4.67. The van der Waals surface area contributed by atoms with Gasteiger partial charge in [0.25, 0.3) is 0 Å². The van der Waals surface area contributed by atoms with Crippen molar-refractivity contribution in [3.8, 4) is 62.3 Å². The summed E-state index contributed by atoms with van der Waals surface area (Å²) in [5.41, 5.74) is 16.9. The van der Waals surface area contributed by atoms with E-state index in [9.17, 15) is 5.11 Å². The van der Waals surface area contributed by atoms with Crippen LogP contribution in [0, 0.1) is 6.07 Å².